The van der Waals surface area contributed by atoms with Gasteiger partial charge in [0.2, 0.25) is 0 Å². The van der Waals surface area contributed by atoms with E-state index < -0.39 is 0 Å². The van der Waals surface area contributed by atoms with Crippen LogP contribution in [0.2, 0.25) is 5.02 Å². The monoisotopic (exact) mass is 323 g/mol. The van der Waals surface area contributed by atoms with Crippen molar-refractivity contribution in [2.24, 2.45) is 0 Å². The third-order valence-corrected chi connectivity index (χ3v) is 4.29. The Bertz CT molecular complexity index is 906. The van der Waals surface area contributed by atoms with Crippen LogP contribution < -0.4 is 5.32 Å². The molecule has 1 aromatic heterocycles. The van der Waals surface area contributed by atoms with Gasteiger partial charge in [-0.3, -0.25) is 4.79 Å². The van der Waals surface area contributed by atoms with Crippen LogP contribution in [0.1, 0.15) is 34.7 Å². The fourth-order valence-electron chi connectivity index (χ4n) is 2.70. The van der Waals surface area contributed by atoms with Gasteiger partial charge in [-0.15, -0.1) is 0 Å². The van der Waals surface area contributed by atoms with Crippen molar-refractivity contribution in [1.82, 2.24) is 9.97 Å². The highest BCUT2D eigenvalue weighted by atomic mass is 35.5. The molecule has 5 heteroatoms. The molecule has 2 aromatic carbocycles. The minimum atomic E-state index is -0.150. The first-order valence-corrected chi connectivity index (χ1v) is 7.92. The van der Waals surface area contributed by atoms with E-state index in [0.717, 1.165) is 18.4 Å². The van der Waals surface area contributed by atoms with Gasteiger partial charge < -0.3 is 5.32 Å². The fourth-order valence-corrected chi connectivity index (χ4v) is 2.92. The first kappa shape index (κ1) is 14.2. The van der Waals surface area contributed by atoms with Crippen LogP contribution in [0.25, 0.3) is 11.0 Å². The Labute approximate surface area is 138 Å². The summed E-state index contributed by atoms with van der Waals surface area (Å²) >= 11 is 6.08. The lowest BCUT2D eigenvalue weighted by molar-refractivity contribution is 0.102. The van der Waals surface area contributed by atoms with E-state index >= 15 is 0 Å². The van der Waals surface area contributed by atoms with Gasteiger partial charge >= 0.3 is 0 Å². The summed E-state index contributed by atoms with van der Waals surface area (Å²) in [5.41, 5.74) is 3.11. The maximum atomic E-state index is 12.6. The molecule has 0 bridgehead atoms. The van der Waals surface area contributed by atoms with Gasteiger partial charge in [-0.25, -0.2) is 9.97 Å². The summed E-state index contributed by atoms with van der Waals surface area (Å²) in [5, 5.41) is 3.39. The second-order valence-electron chi connectivity index (χ2n) is 5.68. The van der Waals surface area contributed by atoms with Gasteiger partial charge in [0.25, 0.3) is 5.91 Å². The molecule has 1 amide bonds. The van der Waals surface area contributed by atoms with E-state index in [1.807, 2.05) is 36.4 Å². The number of hydrogen-bond acceptors (Lipinski definition) is 3. The van der Waals surface area contributed by atoms with Crippen LogP contribution in [0.5, 0.6) is 0 Å². The highest BCUT2D eigenvalue weighted by molar-refractivity contribution is 6.34. The lowest BCUT2D eigenvalue weighted by atomic mass is 10.0. The van der Waals surface area contributed by atoms with E-state index in [0.29, 0.717) is 33.4 Å². The molecule has 4 rings (SSSR count). The maximum absolute atomic E-state index is 12.6. The van der Waals surface area contributed by atoms with Crippen molar-refractivity contribution < 1.29 is 4.79 Å². The molecule has 4 nitrogen and oxygen atoms in total. The molecule has 3 aromatic rings. The number of carbonyl (C=O) groups excluding carboxylic acids is 1. The predicted octanol–water partition coefficient (Wildman–Crippen LogP) is 4.41. The summed E-state index contributed by atoms with van der Waals surface area (Å²) in [4.78, 5) is 21.3. The molecule has 23 heavy (non-hydrogen) atoms. The van der Waals surface area contributed by atoms with Gasteiger partial charge in [0.15, 0.2) is 5.82 Å². The number of anilines is 1. The van der Waals surface area contributed by atoms with Gasteiger partial charge in [-0.1, -0.05) is 35.9 Å². The SMILES string of the molecule is O=C(Nc1cnc2c(Cl)cccc2n1)c1ccccc1C1CC1. The molecule has 0 atom stereocenters. The standard InChI is InChI=1S/C18H14ClN3O/c19-14-6-3-7-15-17(14)20-10-16(21-15)22-18(23)13-5-2-1-4-12(13)11-8-9-11/h1-7,10-11H,8-9H2,(H,21,22,23). The molecule has 0 aliphatic heterocycles. The number of halogens is 1. The second kappa shape index (κ2) is 5.63. The van der Waals surface area contributed by atoms with E-state index in [4.69, 9.17) is 11.6 Å². The minimum absolute atomic E-state index is 0.150. The Kier molecular flexibility index (Phi) is 3.46. The topological polar surface area (TPSA) is 54.9 Å². The summed E-state index contributed by atoms with van der Waals surface area (Å²) in [6.45, 7) is 0. The first-order chi connectivity index (χ1) is 11.2. The summed E-state index contributed by atoms with van der Waals surface area (Å²) in [6.07, 6.45) is 3.84. The molecule has 0 unspecified atom stereocenters. The van der Waals surface area contributed by atoms with Gasteiger partial charge in [0.1, 0.15) is 5.52 Å². The van der Waals surface area contributed by atoms with E-state index in [1.54, 1.807) is 6.07 Å². The zero-order valence-corrected chi connectivity index (χ0v) is 13.0. The third kappa shape index (κ3) is 2.78. The number of nitrogens with zero attached hydrogens (tertiary/aromatic N) is 2. The fraction of sp³-hybridized carbons (Fsp3) is 0.167. The molecular weight excluding hydrogens is 310 g/mol. The normalized spacial score (nSPS) is 14.0. The number of carbonyl (C=O) groups is 1. The second-order valence-corrected chi connectivity index (χ2v) is 6.09. The quantitative estimate of drug-likeness (QED) is 0.776. The number of aromatic nitrogens is 2. The maximum Gasteiger partial charge on any atom is 0.257 e. The molecule has 0 radical (unpaired) electrons. The third-order valence-electron chi connectivity index (χ3n) is 3.99. The van der Waals surface area contributed by atoms with Crippen molar-refractivity contribution >= 4 is 34.4 Å². The number of hydrogen-bond donors (Lipinski definition) is 1. The van der Waals surface area contributed by atoms with Crippen molar-refractivity contribution in [2.75, 3.05) is 5.32 Å². The highest BCUT2D eigenvalue weighted by Gasteiger charge is 2.27. The summed E-state index contributed by atoms with van der Waals surface area (Å²) < 4.78 is 0. The molecule has 0 spiro atoms. The number of nitrogens with one attached hydrogen (secondary N) is 1. The van der Waals surface area contributed by atoms with Gasteiger partial charge in [-0.2, -0.15) is 0 Å². The number of benzene rings is 2. The number of fused-ring (bicyclic) bond motifs is 1. The van der Waals surface area contributed by atoms with E-state index in [-0.39, 0.29) is 5.91 Å². The zero-order chi connectivity index (χ0) is 15.8. The van der Waals surface area contributed by atoms with Crippen LogP contribution >= 0.6 is 11.6 Å². The summed E-state index contributed by atoms with van der Waals surface area (Å²) in [5.74, 6) is 0.789. The zero-order valence-electron chi connectivity index (χ0n) is 12.3. The van der Waals surface area contributed by atoms with Crippen LogP contribution in [0.3, 0.4) is 0 Å². The average molecular weight is 324 g/mol. The summed E-state index contributed by atoms with van der Waals surface area (Å²) in [6, 6.07) is 13.1. The van der Waals surface area contributed by atoms with Crippen molar-refractivity contribution in [1.29, 1.82) is 0 Å². The Hall–Kier alpha value is -2.46. The van der Waals surface area contributed by atoms with Crippen LogP contribution in [-0.4, -0.2) is 15.9 Å². The van der Waals surface area contributed by atoms with Crippen LogP contribution in [-0.2, 0) is 0 Å². The Balaban J connectivity index is 1.64. The van der Waals surface area contributed by atoms with Crippen molar-refractivity contribution in [3.05, 3.63) is 64.8 Å². The number of amides is 1. The van der Waals surface area contributed by atoms with Crippen LogP contribution in [0.4, 0.5) is 5.82 Å². The van der Waals surface area contributed by atoms with Crippen LogP contribution in [0.15, 0.2) is 48.7 Å². The van der Waals surface area contributed by atoms with Gasteiger partial charge in [-0.05, 0) is 42.5 Å². The van der Waals surface area contributed by atoms with Gasteiger partial charge in [0.05, 0.1) is 16.7 Å². The number of para-hydroxylation sites is 1. The highest BCUT2D eigenvalue weighted by Crippen LogP contribution is 2.41. The lowest BCUT2D eigenvalue weighted by Crippen LogP contribution is -2.15. The van der Waals surface area contributed by atoms with E-state index in [9.17, 15) is 4.79 Å². The average Bonchev–Trinajstić information content (AvgIpc) is 3.40. The van der Waals surface area contributed by atoms with Gasteiger partial charge in [0, 0.05) is 5.56 Å². The van der Waals surface area contributed by atoms with Crippen LogP contribution in [0, 0.1) is 0 Å². The molecule has 0 saturated heterocycles. The molecular formula is C18H14ClN3O. The first-order valence-electron chi connectivity index (χ1n) is 7.54. The van der Waals surface area contributed by atoms with Crippen molar-refractivity contribution in [3.63, 3.8) is 0 Å². The molecule has 1 saturated carbocycles. The minimum Gasteiger partial charge on any atom is -0.305 e. The Morgan fingerprint density at radius 1 is 1.13 bits per heavy atom. The summed E-state index contributed by atoms with van der Waals surface area (Å²) in [7, 11) is 0. The van der Waals surface area contributed by atoms with Crippen molar-refractivity contribution in [2.45, 2.75) is 18.8 Å². The molecule has 1 N–H and O–H groups in total. The molecule has 1 aliphatic carbocycles. The smallest absolute Gasteiger partial charge is 0.257 e. The van der Waals surface area contributed by atoms with E-state index in [1.165, 1.54) is 6.20 Å². The molecule has 1 aliphatic rings. The van der Waals surface area contributed by atoms with E-state index in [2.05, 4.69) is 15.3 Å². The predicted molar refractivity (Wildman–Crippen MR) is 90.9 cm³/mol. The number of rotatable bonds is 3. The Morgan fingerprint density at radius 2 is 1.96 bits per heavy atom. The Morgan fingerprint density at radius 3 is 2.78 bits per heavy atom. The largest absolute Gasteiger partial charge is 0.305 e. The molecule has 1 heterocycles. The lowest BCUT2D eigenvalue weighted by Gasteiger charge is -2.09. The molecule has 114 valence electrons. The molecule has 1 fully saturated rings. The van der Waals surface area contributed by atoms with Crippen molar-refractivity contribution in [3.8, 4) is 0 Å².